The quantitative estimate of drug-likeness (QED) is 0.282. The van der Waals surface area contributed by atoms with Gasteiger partial charge < -0.3 is 4.43 Å². The Bertz CT molecular complexity index is 455. The minimum Gasteiger partial charge on any atom is -0.410 e. The summed E-state index contributed by atoms with van der Waals surface area (Å²) in [4.78, 5) is 0. The molecule has 0 aromatic carbocycles. The van der Waals surface area contributed by atoms with Gasteiger partial charge in [-0.05, 0) is 37.4 Å². The van der Waals surface area contributed by atoms with Crippen LogP contribution in [-0.2, 0) is 4.43 Å². The summed E-state index contributed by atoms with van der Waals surface area (Å²) < 4.78 is 6.55. The molecule has 0 bridgehead atoms. The molecule has 0 aromatic heterocycles. The predicted octanol–water partition coefficient (Wildman–Crippen LogP) is 6.73. The molecule has 1 nitrogen and oxygen atoms in total. The topological polar surface area (TPSA) is 9.23 Å². The van der Waals surface area contributed by atoms with Gasteiger partial charge in [0.2, 0.25) is 0 Å². The molecular formula is C22H38OSi. The van der Waals surface area contributed by atoms with Gasteiger partial charge in [-0.3, -0.25) is 0 Å². The molecule has 0 unspecified atom stereocenters. The lowest BCUT2D eigenvalue weighted by atomic mass is 9.89. The van der Waals surface area contributed by atoms with Crippen LogP contribution in [0.2, 0.25) is 18.1 Å². The molecule has 0 heterocycles. The maximum absolute atomic E-state index is 6.55. The Labute approximate surface area is 152 Å². The Morgan fingerprint density at radius 2 is 1.75 bits per heavy atom. The first-order valence-corrected chi connectivity index (χ1v) is 12.5. The number of hydrogen-bond donors (Lipinski definition) is 0. The van der Waals surface area contributed by atoms with E-state index in [1.807, 2.05) is 12.2 Å². The van der Waals surface area contributed by atoms with E-state index in [4.69, 9.17) is 4.43 Å². The molecule has 136 valence electrons. The van der Waals surface area contributed by atoms with E-state index in [1.165, 1.54) is 32.1 Å². The van der Waals surface area contributed by atoms with Gasteiger partial charge in [-0.1, -0.05) is 58.1 Å². The van der Waals surface area contributed by atoms with Gasteiger partial charge in [0.15, 0.2) is 8.32 Å². The van der Waals surface area contributed by atoms with Crippen molar-refractivity contribution in [3.8, 4) is 11.8 Å². The third-order valence-corrected chi connectivity index (χ3v) is 10.2. The largest absolute Gasteiger partial charge is 0.410 e. The van der Waals surface area contributed by atoms with E-state index < -0.39 is 8.32 Å². The standard InChI is InChI=1S/C22H38OSi/c1-8-20(18-14-13-17-19-15-11-10-12-16-19)21(9-2)23-24(6,7)22(3,4)5/h8-9,19-21H,1-2,10-12,14-16,18H2,3-7H3/t20-,21+/m1/s1. The van der Waals surface area contributed by atoms with Gasteiger partial charge in [0.25, 0.3) is 0 Å². The van der Waals surface area contributed by atoms with E-state index >= 15 is 0 Å². The van der Waals surface area contributed by atoms with Crippen molar-refractivity contribution in [2.45, 2.75) is 90.0 Å². The summed E-state index contributed by atoms with van der Waals surface area (Å²) in [6, 6.07) is 0. The lowest BCUT2D eigenvalue weighted by Crippen LogP contribution is -2.45. The molecule has 1 fully saturated rings. The van der Waals surface area contributed by atoms with Crippen molar-refractivity contribution >= 4 is 8.32 Å². The molecule has 0 aliphatic heterocycles. The molecule has 2 atom stereocenters. The van der Waals surface area contributed by atoms with Crippen molar-refractivity contribution in [2.24, 2.45) is 11.8 Å². The van der Waals surface area contributed by atoms with E-state index in [-0.39, 0.29) is 11.1 Å². The molecular weight excluding hydrogens is 308 g/mol. The number of hydrogen-bond acceptors (Lipinski definition) is 1. The van der Waals surface area contributed by atoms with E-state index in [9.17, 15) is 0 Å². The fraction of sp³-hybridized carbons (Fsp3) is 0.727. The Morgan fingerprint density at radius 3 is 2.25 bits per heavy atom. The third kappa shape index (κ3) is 6.61. The summed E-state index contributed by atoms with van der Waals surface area (Å²) in [6.45, 7) is 19.5. The molecule has 0 saturated heterocycles. The minimum atomic E-state index is -1.80. The van der Waals surface area contributed by atoms with E-state index in [0.29, 0.717) is 11.8 Å². The van der Waals surface area contributed by atoms with Crippen LogP contribution in [0.4, 0.5) is 0 Å². The van der Waals surface area contributed by atoms with Crippen molar-refractivity contribution < 1.29 is 4.43 Å². The zero-order valence-corrected chi connectivity index (χ0v) is 17.7. The molecule has 0 amide bonds. The molecule has 0 N–H and O–H groups in total. The smallest absolute Gasteiger partial charge is 0.192 e. The second-order valence-electron chi connectivity index (χ2n) is 8.67. The third-order valence-electron chi connectivity index (χ3n) is 5.71. The van der Waals surface area contributed by atoms with Gasteiger partial charge in [-0.2, -0.15) is 0 Å². The summed E-state index contributed by atoms with van der Waals surface area (Å²) in [5.74, 6) is 7.85. The Hall–Kier alpha value is -0.783. The van der Waals surface area contributed by atoms with Crippen molar-refractivity contribution in [3.63, 3.8) is 0 Å². The van der Waals surface area contributed by atoms with Gasteiger partial charge in [0.1, 0.15) is 0 Å². The van der Waals surface area contributed by atoms with E-state index in [2.05, 4.69) is 58.9 Å². The molecule has 0 spiro atoms. The van der Waals surface area contributed by atoms with Crippen LogP contribution in [0, 0.1) is 23.7 Å². The molecule has 1 rings (SSSR count). The normalized spacial score (nSPS) is 19.0. The van der Waals surface area contributed by atoms with Crippen molar-refractivity contribution in [1.82, 2.24) is 0 Å². The average molecular weight is 347 g/mol. The van der Waals surface area contributed by atoms with Crippen molar-refractivity contribution in [3.05, 3.63) is 25.3 Å². The molecule has 1 saturated carbocycles. The van der Waals surface area contributed by atoms with Gasteiger partial charge in [-0.15, -0.1) is 19.1 Å². The highest BCUT2D eigenvalue weighted by molar-refractivity contribution is 6.74. The molecule has 1 aliphatic rings. The number of rotatable bonds is 7. The zero-order valence-electron chi connectivity index (χ0n) is 16.7. The summed E-state index contributed by atoms with van der Waals surface area (Å²) in [5, 5.41) is 0.209. The highest BCUT2D eigenvalue weighted by Crippen LogP contribution is 2.38. The monoisotopic (exact) mass is 346 g/mol. The lowest BCUT2D eigenvalue weighted by molar-refractivity contribution is 0.178. The minimum absolute atomic E-state index is 0.0554. The first-order valence-electron chi connectivity index (χ1n) is 9.62. The average Bonchev–Trinajstić information content (AvgIpc) is 2.53. The maximum Gasteiger partial charge on any atom is 0.192 e. The second-order valence-corrected chi connectivity index (χ2v) is 13.4. The highest BCUT2D eigenvalue weighted by atomic mass is 28.4. The molecule has 24 heavy (non-hydrogen) atoms. The summed E-state index contributed by atoms with van der Waals surface area (Å²) in [5.41, 5.74) is 0. The van der Waals surface area contributed by atoms with Crippen LogP contribution in [0.3, 0.4) is 0 Å². The van der Waals surface area contributed by atoms with Gasteiger partial charge in [0.05, 0.1) is 6.10 Å². The van der Waals surface area contributed by atoms with Gasteiger partial charge >= 0.3 is 0 Å². The molecule has 2 heteroatoms. The fourth-order valence-electron chi connectivity index (χ4n) is 2.95. The van der Waals surface area contributed by atoms with Crippen LogP contribution in [0.25, 0.3) is 0 Å². The molecule has 0 radical (unpaired) electrons. The SMILES string of the molecule is C=C[C@H](CCC#CC1CCCCC1)[C@H](C=C)O[Si](C)(C)C(C)(C)C. The van der Waals surface area contributed by atoms with Crippen LogP contribution in [0.5, 0.6) is 0 Å². The second kappa shape index (κ2) is 9.64. The van der Waals surface area contributed by atoms with Crippen LogP contribution in [-0.4, -0.2) is 14.4 Å². The van der Waals surface area contributed by atoms with E-state index in [1.54, 1.807) is 0 Å². The zero-order chi connectivity index (χ0) is 18.2. The summed E-state index contributed by atoms with van der Waals surface area (Å²) >= 11 is 0. The summed E-state index contributed by atoms with van der Waals surface area (Å²) in [7, 11) is -1.80. The van der Waals surface area contributed by atoms with Crippen LogP contribution >= 0.6 is 0 Å². The maximum atomic E-state index is 6.55. The predicted molar refractivity (Wildman–Crippen MR) is 110 cm³/mol. The van der Waals surface area contributed by atoms with Crippen LogP contribution in [0.15, 0.2) is 25.3 Å². The van der Waals surface area contributed by atoms with Gasteiger partial charge in [0, 0.05) is 18.3 Å². The highest BCUT2D eigenvalue weighted by Gasteiger charge is 2.39. The Morgan fingerprint density at radius 1 is 1.12 bits per heavy atom. The van der Waals surface area contributed by atoms with E-state index in [0.717, 1.165) is 12.8 Å². The van der Waals surface area contributed by atoms with Crippen molar-refractivity contribution in [1.29, 1.82) is 0 Å². The first-order chi connectivity index (χ1) is 11.2. The molecule has 0 aromatic rings. The first kappa shape index (κ1) is 21.3. The van der Waals surface area contributed by atoms with Crippen LogP contribution in [0.1, 0.15) is 65.7 Å². The van der Waals surface area contributed by atoms with Crippen molar-refractivity contribution in [2.75, 3.05) is 0 Å². The summed E-state index contributed by atoms with van der Waals surface area (Å²) in [6.07, 6.45) is 12.7. The Balaban J connectivity index is 2.58. The lowest BCUT2D eigenvalue weighted by Gasteiger charge is -2.40. The Kier molecular flexibility index (Phi) is 8.54. The molecule has 1 aliphatic carbocycles. The van der Waals surface area contributed by atoms with Gasteiger partial charge in [-0.25, -0.2) is 0 Å². The fourth-order valence-corrected chi connectivity index (χ4v) is 4.25. The van der Waals surface area contributed by atoms with Crippen LogP contribution < -0.4 is 0 Å².